The molecule has 1 aliphatic carbocycles. The van der Waals surface area contributed by atoms with Gasteiger partial charge in [-0.3, -0.25) is 0 Å². The number of rotatable bonds is 5. The smallest absolute Gasteiger partial charge is 0.359 e. The molecule has 4 nitrogen and oxygen atoms in total. The molecule has 0 saturated heterocycles. The zero-order chi connectivity index (χ0) is 18.2. The van der Waals surface area contributed by atoms with Crippen molar-refractivity contribution in [1.82, 2.24) is 4.90 Å². The second-order valence-corrected chi connectivity index (χ2v) is 7.06. The molecule has 1 heterocycles. The van der Waals surface area contributed by atoms with Crippen LogP contribution in [0.4, 0.5) is 23.7 Å². The molecular weight excluding hydrogens is 357 g/mol. The van der Waals surface area contributed by atoms with E-state index >= 15 is 0 Å². The maximum atomic E-state index is 14.3. The number of halogens is 4. The average Bonchev–Trinajstić information content (AvgIpc) is 3.35. The quantitative estimate of drug-likeness (QED) is 0.803. The van der Waals surface area contributed by atoms with Crippen molar-refractivity contribution in [3.63, 3.8) is 0 Å². The summed E-state index contributed by atoms with van der Waals surface area (Å²) in [6.45, 7) is 1.44. The van der Waals surface area contributed by atoms with Gasteiger partial charge in [0.2, 0.25) is 5.60 Å². The van der Waals surface area contributed by atoms with Gasteiger partial charge in [0, 0.05) is 22.8 Å². The Morgan fingerprint density at radius 1 is 1.40 bits per heavy atom. The van der Waals surface area contributed by atoms with Crippen molar-refractivity contribution in [2.45, 2.75) is 38.0 Å². The highest BCUT2D eigenvalue weighted by atomic mass is 35.5. The Bertz CT molecular complexity index is 664. The van der Waals surface area contributed by atoms with Crippen LogP contribution in [0.5, 0.6) is 0 Å². The number of hydrogen-bond acceptors (Lipinski definition) is 2. The number of anilines is 1. The molecule has 1 fully saturated rings. The number of hydrogen-bond donors (Lipinski definition) is 1. The van der Waals surface area contributed by atoms with E-state index in [2.05, 4.69) is 5.32 Å². The van der Waals surface area contributed by atoms with Gasteiger partial charge in [-0.25, -0.2) is 4.79 Å². The van der Waals surface area contributed by atoms with Crippen LogP contribution in [0.3, 0.4) is 0 Å². The van der Waals surface area contributed by atoms with Gasteiger partial charge in [0.1, 0.15) is 0 Å². The Morgan fingerprint density at radius 3 is 2.72 bits per heavy atom. The van der Waals surface area contributed by atoms with Gasteiger partial charge in [-0.1, -0.05) is 18.5 Å². The maximum absolute atomic E-state index is 14.3. The number of carbonyl (C=O) groups is 1. The minimum absolute atomic E-state index is 0.0135. The second kappa shape index (κ2) is 6.68. The first-order chi connectivity index (χ1) is 11.8. The van der Waals surface area contributed by atoms with E-state index in [0.29, 0.717) is 6.42 Å². The summed E-state index contributed by atoms with van der Waals surface area (Å²) in [6, 6.07) is 3.53. The van der Waals surface area contributed by atoms with Gasteiger partial charge in [-0.2, -0.15) is 13.2 Å². The van der Waals surface area contributed by atoms with Crippen molar-refractivity contribution >= 4 is 23.3 Å². The van der Waals surface area contributed by atoms with Crippen molar-refractivity contribution in [1.29, 1.82) is 0 Å². The molecule has 25 heavy (non-hydrogen) atoms. The fourth-order valence-electron chi connectivity index (χ4n) is 3.02. The Morgan fingerprint density at radius 2 is 2.12 bits per heavy atom. The molecule has 1 aliphatic heterocycles. The Balaban J connectivity index is 2.12. The molecule has 3 rings (SSSR count). The standard InChI is InChI=1S/C17H20ClF3N2O2/c1-2-7-23-10-16(17(19,20)21,25-9-11-3-4-11)13-8-12(18)5-6-14(13)22-15(23)24/h5-6,8,11H,2-4,7,9-10H2,1H3,(H,22,24). The summed E-state index contributed by atoms with van der Waals surface area (Å²) in [7, 11) is 0. The maximum Gasteiger partial charge on any atom is 0.423 e. The first-order valence-electron chi connectivity index (χ1n) is 8.33. The van der Waals surface area contributed by atoms with Crippen molar-refractivity contribution in [3.8, 4) is 0 Å². The van der Waals surface area contributed by atoms with Crippen LogP contribution in [0.1, 0.15) is 31.7 Å². The molecule has 1 aromatic carbocycles. The van der Waals surface area contributed by atoms with Gasteiger partial charge >= 0.3 is 12.2 Å². The fourth-order valence-corrected chi connectivity index (χ4v) is 3.19. The average molecular weight is 377 g/mol. The highest BCUT2D eigenvalue weighted by Crippen LogP contribution is 2.48. The Hall–Kier alpha value is -1.47. The monoisotopic (exact) mass is 376 g/mol. The molecule has 1 N–H and O–H groups in total. The third kappa shape index (κ3) is 3.58. The van der Waals surface area contributed by atoms with E-state index in [4.69, 9.17) is 16.3 Å². The van der Waals surface area contributed by atoms with Gasteiger partial charge < -0.3 is 15.0 Å². The summed E-state index contributed by atoms with van der Waals surface area (Å²) in [6.07, 6.45) is -2.42. The predicted octanol–water partition coefficient (Wildman–Crippen LogP) is 4.78. The van der Waals surface area contributed by atoms with E-state index in [0.717, 1.165) is 17.7 Å². The second-order valence-electron chi connectivity index (χ2n) is 6.62. The zero-order valence-corrected chi connectivity index (χ0v) is 14.6. The molecule has 138 valence electrons. The minimum Gasteiger partial charge on any atom is -0.359 e. The van der Waals surface area contributed by atoms with Gasteiger partial charge in [0.25, 0.3) is 0 Å². The number of alkyl halides is 3. The number of fused-ring (bicyclic) bond motifs is 1. The summed E-state index contributed by atoms with van der Waals surface area (Å²) in [5, 5.41) is 2.73. The molecule has 1 saturated carbocycles. The lowest BCUT2D eigenvalue weighted by molar-refractivity contribution is -0.288. The molecule has 1 unspecified atom stereocenters. The molecule has 0 radical (unpaired) electrons. The van der Waals surface area contributed by atoms with Crippen LogP contribution in [-0.2, 0) is 10.3 Å². The number of nitrogens with one attached hydrogen (secondary N) is 1. The van der Waals surface area contributed by atoms with Gasteiger partial charge in [-0.15, -0.1) is 0 Å². The van der Waals surface area contributed by atoms with E-state index in [1.807, 2.05) is 6.92 Å². The molecule has 1 atom stereocenters. The lowest BCUT2D eigenvalue weighted by Gasteiger charge is -2.38. The first kappa shape index (κ1) is 18.3. The normalized spacial score (nSPS) is 23.9. The van der Waals surface area contributed by atoms with E-state index in [9.17, 15) is 18.0 Å². The molecular formula is C17H20ClF3N2O2. The van der Waals surface area contributed by atoms with Crippen LogP contribution in [0.2, 0.25) is 5.02 Å². The molecule has 2 amide bonds. The lowest BCUT2D eigenvalue weighted by Crippen LogP contribution is -2.53. The van der Waals surface area contributed by atoms with Crippen molar-refractivity contribution in [3.05, 3.63) is 28.8 Å². The summed E-state index contributed by atoms with van der Waals surface area (Å²) in [5.74, 6) is 0.147. The summed E-state index contributed by atoms with van der Waals surface area (Å²) >= 11 is 5.97. The van der Waals surface area contributed by atoms with Crippen molar-refractivity contribution < 1.29 is 22.7 Å². The first-order valence-corrected chi connectivity index (χ1v) is 8.71. The summed E-state index contributed by atoms with van der Waals surface area (Å²) < 4.78 is 48.3. The highest BCUT2D eigenvalue weighted by molar-refractivity contribution is 6.30. The third-order valence-corrected chi connectivity index (χ3v) is 4.81. The van der Waals surface area contributed by atoms with E-state index in [-0.39, 0.29) is 35.3 Å². The molecule has 8 heteroatoms. The largest absolute Gasteiger partial charge is 0.423 e. The third-order valence-electron chi connectivity index (χ3n) is 4.57. The van der Waals surface area contributed by atoms with Crippen LogP contribution in [0, 0.1) is 5.92 Å². The molecule has 1 aromatic rings. The van der Waals surface area contributed by atoms with E-state index in [1.165, 1.54) is 18.2 Å². The molecule has 0 aromatic heterocycles. The Labute approximate surface area is 149 Å². The lowest BCUT2D eigenvalue weighted by atomic mass is 9.90. The Kier molecular flexibility index (Phi) is 4.90. The van der Waals surface area contributed by atoms with Crippen molar-refractivity contribution in [2.24, 2.45) is 5.92 Å². The van der Waals surface area contributed by atoms with Crippen LogP contribution >= 0.6 is 11.6 Å². The number of carbonyl (C=O) groups excluding carboxylic acids is 1. The number of benzene rings is 1. The minimum atomic E-state index is -4.69. The summed E-state index contributed by atoms with van der Waals surface area (Å²) in [4.78, 5) is 13.5. The van der Waals surface area contributed by atoms with Gasteiger partial charge in [0.15, 0.2) is 0 Å². The molecule has 0 bridgehead atoms. The predicted molar refractivity (Wildman–Crippen MR) is 88.7 cm³/mol. The number of ether oxygens (including phenoxy) is 1. The SMILES string of the molecule is CCCN1CC(OCC2CC2)(C(F)(F)F)c2cc(Cl)ccc2NC1=O. The molecule has 0 spiro atoms. The zero-order valence-electron chi connectivity index (χ0n) is 13.8. The van der Waals surface area contributed by atoms with Crippen molar-refractivity contribution in [2.75, 3.05) is 25.0 Å². The van der Waals surface area contributed by atoms with Gasteiger partial charge in [-0.05, 0) is 43.4 Å². The van der Waals surface area contributed by atoms with Crippen LogP contribution in [-0.4, -0.2) is 36.8 Å². The number of amides is 2. The summed E-state index contributed by atoms with van der Waals surface area (Å²) in [5.41, 5.74) is -2.65. The van der Waals surface area contributed by atoms with E-state index in [1.54, 1.807) is 0 Å². The topological polar surface area (TPSA) is 41.6 Å². The van der Waals surface area contributed by atoms with Crippen LogP contribution in [0.15, 0.2) is 18.2 Å². The molecule has 2 aliphatic rings. The van der Waals surface area contributed by atoms with Gasteiger partial charge in [0.05, 0.1) is 13.2 Å². The van der Waals surface area contributed by atoms with Crippen LogP contribution in [0.25, 0.3) is 0 Å². The van der Waals surface area contributed by atoms with Crippen LogP contribution < -0.4 is 5.32 Å². The number of urea groups is 1. The number of nitrogens with zero attached hydrogens (tertiary/aromatic N) is 1. The fraction of sp³-hybridized carbons (Fsp3) is 0.588. The highest BCUT2D eigenvalue weighted by Gasteiger charge is 2.61. The van der Waals surface area contributed by atoms with E-state index < -0.39 is 24.4 Å².